The first-order chi connectivity index (χ1) is 17.1. The second-order valence-electron chi connectivity index (χ2n) is 9.46. The average Bonchev–Trinajstić information content (AvgIpc) is 3.32. The average molecular weight is 593 g/mol. The Morgan fingerprint density at radius 3 is 2.89 bits per heavy atom. The molecule has 0 spiro atoms. The van der Waals surface area contributed by atoms with Crippen LogP contribution in [0, 0.1) is 12.4 Å². The van der Waals surface area contributed by atoms with Crippen molar-refractivity contribution in [1.29, 1.82) is 0 Å². The number of ether oxygens (including phenoxy) is 2. The molecule has 1 aromatic carbocycles. The lowest BCUT2D eigenvalue weighted by Crippen LogP contribution is -2.48. The van der Waals surface area contributed by atoms with E-state index in [1.807, 2.05) is 4.90 Å². The van der Waals surface area contributed by atoms with Crippen molar-refractivity contribution in [3.63, 3.8) is 0 Å². The molecule has 2 fully saturated rings. The number of fused-ring (bicyclic) bond motifs is 1. The Morgan fingerprint density at radius 1 is 1.39 bits per heavy atom. The Morgan fingerprint density at radius 2 is 2.17 bits per heavy atom. The second kappa shape index (κ2) is 9.65. The van der Waals surface area contributed by atoms with Gasteiger partial charge in [-0.25, -0.2) is 24.1 Å². The Balaban J connectivity index is 1.64. The SMILES string of the molecule is [C-]#[N+]CC1C(C)Oc2c(Cl)c(Br)c(F)c3nc(OC[C@@]45CCCN4C[C@H](F)C5)nc(c23)N1CC(F)F. The highest BCUT2D eigenvalue weighted by Crippen LogP contribution is 2.48. The van der Waals surface area contributed by atoms with Gasteiger partial charge in [-0.3, -0.25) is 4.90 Å². The third-order valence-corrected chi connectivity index (χ3v) is 8.58. The van der Waals surface area contributed by atoms with E-state index < -0.39 is 42.6 Å². The highest BCUT2D eigenvalue weighted by molar-refractivity contribution is 9.10. The fourth-order valence-electron chi connectivity index (χ4n) is 5.62. The van der Waals surface area contributed by atoms with Crippen LogP contribution in [0.3, 0.4) is 0 Å². The van der Waals surface area contributed by atoms with E-state index in [-0.39, 0.29) is 51.1 Å². The summed E-state index contributed by atoms with van der Waals surface area (Å²) in [6.07, 6.45) is -2.54. The van der Waals surface area contributed by atoms with E-state index in [4.69, 9.17) is 27.6 Å². The molecule has 5 rings (SSSR count). The van der Waals surface area contributed by atoms with E-state index in [0.717, 1.165) is 19.4 Å². The number of nitrogens with zero attached hydrogens (tertiary/aromatic N) is 5. The number of aromatic nitrogens is 2. The molecular formula is C23H23BrClF4N5O2. The number of halogens is 6. The lowest BCUT2D eigenvalue weighted by molar-refractivity contribution is 0.107. The highest BCUT2D eigenvalue weighted by atomic mass is 79.9. The minimum absolute atomic E-state index is 0.0263. The third kappa shape index (κ3) is 4.23. The van der Waals surface area contributed by atoms with Crippen LogP contribution in [0.5, 0.6) is 11.8 Å². The molecule has 4 atom stereocenters. The van der Waals surface area contributed by atoms with Gasteiger partial charge in [0.05, 0.1) is 21.9 Å². The van der Waals surface area contributed by atoms with Gasteiger partial charge >= 0.3 is 6.01 Å². The number of hydrogen-bond donors (Lipinski definition) is 0. The van der Waals surface area contributed by atoms with E-state index >= 15 is 4.39 Å². The van der Waals surface area contributed by atoms with Crippen molar-refractivity contribution >= 4 is 44.3 Å². The molecular weight excluding hydrogens is 570 g/mol. The van der Waals surface area contributed by atoms with E-state index in [0.29, 0.717) is 13.0 Å². The lowest BCUT2D eigenvalue weighted by Gasteiger charge is -2.32. The number of alkyl halides is 3. The maximum Gasteiger partial charge on any atom is 0.319 e. The molecule has 0 radical (unpaired) electrons. The maximum atomic E-state index is 15.4. The molecule has 194 valence electrons. The maximum absolute atomic E-state index is 15.4. The third-order valence-electron chi connectivity index (χ3n) is 7.25. The van der Waals surface area contributed by atoms with Crippen molar-refractivity contribution in [3.8, 4) is 11.8 Å². The summed E-state index contributed by atoms with van der Waals surface area (Å²) in [5.74, 6) is -0.834. The van der Waals surface area contributed by atoms with Crippen molar-refractivity contribution in [2.45, 2.75) is 56.5 Å². The number of benzene rings is 1. The van der Waals surface area contributed by atoms with Crippen LogP contribution < -0.4 is 14.4 Å². The van der Waals surface area contributed by atoms with Crippen LogP contribution in [-0.2, 0) is 0 Å². The van der Waals surface area contributed by atoms with Crippen LogP contribution in [0.4, 0.5) is 23.4 Å². The summed E-state index contributed by atoms with van der Waals surface area (Å²) in [7, 11) is 0. The molecule has 0 bridgehead atoms. The van der Waals surface area contributed by atoms with Gasteiger partial charge in [0, 0.05) is 13.0 Å². The molecule has 3 aliphatic rings. The molecule has 0 aliphatic carbocycles. The standard InChI is InChI=1S/C23H23BrClF4N5O2/c1-11-13(7-30-2)34(9-14(27)28)21-15-19(18(29)16(24)17(25)20(15)36-11)31-22(32-21)35-10-23-4-3-5-33(23)8-12(26)6-23/h11-14H,3-10H2,1H3/t11?,12-,13?,23+/m1/s1. The fraction of sp³-hybridized carbons (Fsp3) is 0.609. The van der Waals surface area contributed by atoms with Gasteiger partial charge in [-0.15, -0.1) is 0 Å². The van der Waals surface area contributed by atoms with Gasteiger partial charge in [0.1, 0.15) is 41.3 Å². The predicted octanol–water partition coefficient (Wildman–Crippen LogP) is 5.28. The summed E-state index contributed by atoms with van der Waals surface area (Å²) in [6, 6.07) is -1.05. The Kier molecular flexibility index (Phi) is 6.85. The van der Waals surface area contributed by atoms with Crippen molar-refractivity contribution < 1.29 is 27.0 Å². The van der Waals surface area contributed by atoms with Crippen LogP contribution in [0.15, 0.2) is 4.47 Å². The first-order valence-corrected chi connectivity index (χ1v) is 12.8. The molecule has 0 amide bonds. The normalized spacial score (nSPS) is 27.8. The van der Waals surface area contributed by atoms with Crippen molar-refractivity contribution in [2.24, 2.45) is 0 Å². The van der Waals surface area contributed by atoms with Gasteiger partial charge in [-0.05, 0) is 42.2 Å². The summed E-state index contributed by atoms with van der Waals surface area (Å²) in [5, 5.41) is -0.0652. The molecule has 13 heteroatoms. The van der Waals surface area contributed by atoms with Gasteiger partial charge in [-0.1, -0.05) is 11.6 Å². The van der Waals surface area contributed by atoms with E-state index in [1.165, 1.54) is 4.90 Å². The van der Waals surface area contributed by atoms with Gasteiger partial charge in [0.15, 0.2) is 11.6 Å². The van der Waals surface area contributed by atoms with E-state index in [1.54, 1.807) is 6.92 Å². The van der Waals surface area contributed by atoms with Crippen LogP contribution in [0.2, 0.25) is 5.02 Å². The van der Waals surface area contributed by atoms with Gasteiger partial charge in [-0.2, -0.15) is 9.97 Å². The number of hydrogen-bond acceptors (Lipinski definition) is 6. The zero-order valence-corrected chi connectivity index (χ0v) is 21.6. The number of anilines is 1. The lowest BCUT2D eigenvalue weighted by atomic mass is 9.95. The van der Waals surface area contributed by atoms with Crippen molar-refractivity contribution in [2.75, 3.05) is 37.7 Å². The van der Waals surface area contributed by atoms with Crippen LogP contribution in [-0.4, -0.2) is 77.9 Å². The summed E-state index contributed by atoms with van der Waals surface area (Å²) in [5.41, 5.74) is -0.727. The summed E-state index contributed by atoms with van der Waals surface area (Å²) in [4.78, 5) is 15.4. The van der Waals surface area contributed by atoms with Crippen molar-refractivity contribution in [3.05, 3.63) is 26.7 Å². The number of rotatable bonds is 6. The summed E-state index contributed by atoms with van der Waals surface area (Å²) >= 11 is 9.52. The first-order valence-electron chi connectivity index (χ1n) is 11.6. The molecule has 0 saturated carbocycles. The van der Waals surface area contributed by atoms with Crippen LogP contribution in [0.25, 0.3) is 15.7 Å². The zero-order chi connectivity index (χ0) is 25.8. The quantitative estimate of drug-likeness (QED) is 0.259. The monoisotopic (exact) mass is 591 g/mol. The molecule has 0 N–H and O–H groups in total. The minimum atomic E-state index is -2.77. The molecule has 1 aromatic heterocycles. The summed E-state index contributed by atoms with van der Waals surface area (Å²) < 4.78 is 68.9. The highest BCUT2D eigenvalue weighted by Gasteiger charge is 2.49. The first kappa shape index (κ1) is 25.5. The van der Waals surface area contributed by atoms with Gasteiger partial charge in [0.2, 0.25) is 6.54 Å². The van der Waals surface area contributed by atoms with Gasteiger partial charge in [0.25, 0.3) is 6.43 Å². The molecule has 3 aliphatic heterocycles. The van der Waals surface area contributed by atoms with Crippen LogP contribution in [0.1, 0.15) is 26.2 Å². The van der Waals surface area contributed by atoms with E-state index in [2.05, 4.69) is 30.7 Å². The van der Waals surface area contributed by atoms with Crippen LogP contribution >= 0.6 is 27.5 Å². The summed E-state index contributed by atoms with van der Waals surface area (Å²) in [6.45, 7) is 9.20. The van der Waals surface area contributed by atoms with Gasteiger partial charge < -0.3 is 19.2 Å². The second-order valence-corrected chi connectivity index (χ2v) is 10.6. The molecule has 2 aromatic rings. The molecule has 4 heterocycles. The largest absolute Gasteiger partial charge is 0.486 e. The molecule has 36 heavy (non-hydrogen) atoms. The van der Waals surface area contributed by atoms with Crippen molar-refractivity contribution in [1.82, 2.24) is 14.9 Å². The minimum Gasteiger partial charge on any atom is -0.486 e. The Hall–Kier alpha value is -2.10. The molecule has 7 nitrogen and oxygen atoms in total. The van der Waals surface area contributed by atoms with E-state index in [9.17, 15) is 13.2 Å². The molecule has 2 saturated heterocycles. The Labute approximate surface area is 218 Å². The predicted molar refractivity (Wildman–Crippen MR) is 129 cm³/mol. The molecule has 2 unspecified atom stereocenters. The smallest absolute Gasteiger partial charge is 0.319 e. The topological polar surface area (TPSA) is 55.1 Å². The zero-order valence-electron chi connectivity index (χ0n) is 19.3. The Bertz CT molecular complexity index is 1230. The fourth-order valence-corrected chi connectivity index (χ4v) is 6.21.